The zero-order valence-corrected chi connectivity index (χ0v) is 21.2. The standard InChI is InChI=1S/C27H27ClN4O5/c1-3-19-9-5-7-11-21(19)31-26(34)27(35)32-29-16-18-13-14-23(24(15-18)36-4-2)37-17-25(33)30-22-12-8-6-10-20(22)28/h5-16H,3-4,17H2,1-2H3,(H,30,33)(H,31,34)(H,32,35)/b29-16-. The lowest BCUT2D eigenvalue weighted by Gasteiger charge is -2.13. The van der Waals surface area contributed by atoms with Crippen molar-refractivity contribution in [1.82, 2.24) is 5.43 Å². The van der Waals surface area contributed by atoms with Crippen LogP contribution in [-0.2, 0) is 20.8 Å². The number of nitrogens with zero attached hydrogens (tertiary/aromatic N) is 1. The van der Waals surface area contributed by atoms with Crippen LogP contribution in [0.3, 0.4) is 0 Å². The molecule has 0 aliphatic carbocycles. The number of hydrazone groups is 1. The minimum Gasteiger partial charge on any atom is -0.490 e. The highest BCUT2D eigenvalue weighted by molar-refractivity contribution is 6.39. The van der Waals surface area contributed by atoms with Crippen LogP contribution in [0.2, 0.25) is 5.02 Å². The van der Waals surface area contributed by atoms with Crippen molar-refractivity contribution in [3.8, 4) is 11.5 Å². The van der Waals surface area contributed by atoms with Gasteiger partial charge in [0.15, 0.2) is 18.1 Å². The first-order chi connectivity index (χ1) is 17.9. The summed E-state index contributed by atoms with van der Waals surface area (Å²) >= 11 is 6.06. The number of amides is 3. The van der Waals surface area contributed by atoms with E-state index in [4.69, 9.17) is 21.1 Å². The second kappa shape index (κ2) is 13.6. The molecule has 0 heterocycles. The maximum atomic E-state index is 12.3. The van der Waals surface area contributed by atoms with Crippen molar-refractivity contribution in [1.29, 1.82) is 0 Å². The third kappa shape index (κ3) is 8.08. The molecule has 192 valence electrons. The molecular formula is C27H27ClN4O5. The summed E-state index contributed by atoms with van der Waals surface area (Å²) in [6, 6.07) is 19.0. The zero-order valence-electron chi connectivity index (χ0n) is 20.4. The third-order valence-electron chi connectivity index (χ3n) is 5.01. The van der Waals surface area contributed by atoms with E-state index in [1.165, 1.54) is 6.21 Å². The number of halogens is 1. The Bertz CT molecular complexity index is 1300. The molecule has 10 heteroatoms. The van der Waals surface area contributed by atoms with Gasteiger partial charge in [-0.25, -0.2) is 5.43 Å². The predicted molar refractivity (Wildman–Crippen MR) is 143 cm³/mol. The van der Waals surface area contributed by atoms with Gasteiger partial charge in [-0.3, -0.25) is 14.4 Å². The quantitative estimate of drug-likeness (QED) is 0.207. The number of carbonyl (C=O) groups is 3. The van der Waals surface area contributed by atoms with Crippen molar-refractivity contribution < 1.29 is 23.9 Å². The Balaban J connectivity index is 1.57. The van der Waals surface area contributed by atoms with Gasteiger partial charge in [0.1, 0.15) is 0 Å². The molecule has 0 spiro atoms. The Morgan fingerprint density at radius 3 is 2.32 bits per heavy atom. The van der Waals surface area contributed by atoms with E-state index in [0.717, 1.165) is 5.56 Å². The maximum absolute atomic E-state index is 12.3. The summed E-state index contributed by atoms with van der Waals surface area (Å²) in [5, 5.41) is 9.53. The monoisotopic (exact) mass is 522 g/mol. The van der Waals surface area contributed by atoms with Gasteiger partial charge in [0.05, 0.1) is 23.5 Å². The fourth-order valence-electron chi connectivity index (χ4n) is 3.23. The number of ether oxygens (including phenoxy) is 2. The summed E-state index contributed by atoms with van der Waals surface area (Å²) in [5.41, 5.74) is 4.76. The molecule has 0 saturated heterocycles. The topological polar surface area (TPSA) is 118 Å². The fourth-order valence-corrected chi connectivity index (χ4v) is 3.41. The van der Waals surface area contributed by atoms with Gasteiger partial charge in [-0.15, -0.1) is 0 Å². The molecule has 0 bridgehead atoms. The number of hydrogen-bond acceptors (Lipinski definition) is 6. The van der Waals surface area contributed by atoms with Gasteiger partial charge in [-0.1, -0.05) is 48.9 Å². The van der Waals surface area contributed by atoms with Crippen LogP contribution >= 0.6 is 11.6 Å². The number of nitrogens with one attached hydrogen (secondary N) is 3. The maximum Gasteiger partial charge on any atom is 0.329 e. The number of hydrogen-bond donors (Lipinski definition) is 3. The molecule has 0 aliphatic rings. The second-order valence-corrected chi connectivity index (χ2v) is 8.03. The first-order valence-electron chi connectivity index (χ1n) is 11.6. The lowest BCUT2D eigenvalue weighted by atomic mass is 10.1. The van der Waals surface area contributed by atoms with Crippen LogP contribution in [0.1, 0.15) is 25.0 Å². The van der Waals surface area contributed by atoms with Crippen LogP contribution in [0.5, 0.6) is 11.5 Å². The van der Waals surface area contributed by atoms with Gasteiger partial charge >= 0.3 is 11.8 Å². The summed E-state index contributed by atoms with van der Waals surface area (Å²) in [7, 11) is 0. The van der Waals surface area contributed by atoms with E-state index in [2.05, 4.69) is 21.2 Å². The average Bonchev–Trinajstić information content (AvgIpc) is 2.90. The third-order valence-corrected chi connectivity index (χ3v) is 5.34. The Kier molecular flexibility index (Phi) is 10.0. The Labute approximate surface area is 219 Å². The van der Waals surface area contributed by atoms with Gasteiger partial charge in [0.2, 0.25) is 0 Å². The van der Waals surface area contributed by atoms with Gasteiger partial charge in [0.25, 0.3) is 5.91 Å². The molecule has 9 nitrogen and oxygen atoms in total. The molecule has 3 aromatic rings. The molecule has 0 radical (unpaired) electrons. The van der Waals surface area contributed by atoms with Crippen LogP contribution < -0.4 is 25.5 Å². The summed E-state index contributed by atoms with van der Waals surface area (Å²) in [6.45, 7) is 3.87. The van der Waals surface area contributed by atoms with E-state index >= 15 is 0 Å². The minimum absolute atomic E-state index is 0.259. The Hall–Kier alpha value is -4.37. The molecule has 3 N–H and O–H groups in total. The van der Waals surface area contributed by atoms with Crippen LogP contribution in [0.25, 0.3) is 0 Å². The van der Waals surface area contributed by atoms with Crippen molar-refractivity contribution in [2.24, 2.45) is 5.10 Å². The number of carbonyl (C=O) groups excluding carboxylic acids is 3. The summed E-state index contributed by atoms with van der Waals surface area (Å²) in [6.07, 6.45) is 2.08. The summed E-state index contributed by atoms with van der Waals surface area (Å²) in [4.78, 5) is 36.6. The normalized spacial score (nSPS) is 10.6. The van der Waals surface area contributed by atoms with E-state index in [9.17, 15) is 14.4 Å². The molecule has 0 aliphatic heterocycles. The van der Waals surface area contributed by atoms with E-state index in [1.807, 2.05) is 26.0 Å². The van der Waals surface area contributed by atoms with Gasteiger partial charge < -0.3 is 20.1 Å². The van der Waals surface area contributed by atoms with Crippen LogP contribution in [0, 0.1) is 0 Å². The van der Waals surface area contributed by atoms with Crippen molar-refractivity contribution in [3.63, 3.8) is 0 Å². The van der Waals surface area contributed by atoms with Crippen molar-refractivity contribution in [2.75, 3.05) is 23.8 Å². The lowest BCUT2D eigenvalue weighted by molar-refractivity contribution is -0.136. The first-order valence-corrected chi connectivity index (χ1v) is 11.9. The SMILES string of the molecule is CCOc1cc(/C=N\NC(=O)C(=O)Nc2ccccc2CC)ccc1OCC(=O)Nc1ccccc1Cl. The molecule has 0 fully saturated rings. The second-order valence-electron chi connectivity index (χ2n) is 7.62. The zero-order chi connectivity index (χ0) is 26.6. The number of aryl methyl sites for hydroxylation is 1. The highest BCUT2D eigenvalue weighted by Gasteiger charge is 2.14. The van der Waals surface area contributed by atoms with Gasteiger partial charge in [-0.05, 0) is 60.9 Å². The van der Waals surface area contributed by atoms with E-state index in [0.29, 0.717) is 46.5 Å². The lowest BCUT2D eigenvalue weighted by Crippen LogP contribution is -2.32. The fraction of sp³-hybridized carbons (Fsp3) is 0.185. The Morgan fingerprint density at radius 1 is 0.865 bits per heavy atom. The molecule has 0 saturated carbocycles. The van der Waals surface area contributed by atoms with E-state index < -0.39 is 11.8 Å². The van der Waals surface area contributed by atoms with Crippen LogP contribution in [0.15, 0.2) is 71.8 Å². The molecule has 0 atom stereocenters. The molecule has 3 aromatic carbocycles. The van der Waals surface area contributed by atoms with Gasteiger partial charge in [-0.2, -0.15) is 5.10 Å². The minimum atomic E-state index is -0.906. The number of benzene rings is 3. The van der Waals surface area contributed by atoms with E-state index in [-0.39, 0.29) is 12.5 Å². The molecule has 3 rings (SSSR count). The first kappa shape index (κ1) is 27.2. The number of anilines is 2. The van der Waals surface area contributed by atoms with E-state index in [1.54, 1.807) is 54.6 Å². The molecular weight excluding hydrogens is 496 g/mol. The molecule has 0 aromatic heterocycles. The molecule has 3 amide bonds. The number of rotatable bonds is 10. The van der Waals surface area contributed by atoms with Crippen LogP contribution in [-0.4, -0.2) is 37.1 Å². The predicted octanol–water partition coefficient (Wildman–Crippen LogP) is 4.41. The Morgan fingerprint density at radius 2 is 1.59 bits per heavy atom. The van der Waals surface area contributed by atoms with Crippen molar-refractivity contribution >= 4 is 46.9 Å². The van der Waals surface area contributed by atoms with Crippen molar-refractivity contribution in [3.05, 3.63) is 82.9 Å². The summed E-state index contributed by atoms with van der Waals surface area (Å²) in [5.74, 6) is -1.38. The molecule has 37 heavy (non-hydrogen) atoms. The highest BCUT2D eigenvalue weighted by Crippen LogP contribution is 2.28. The van der Waals surface area contributed by atoms with Crippen LogP contribution in [0.4, 0.5) is 11.4 Å². The molecule has 0 unspecified atom stereocenters. The number of para-hydroxylation sites is 2. The largest absolute Gasteiger partial charge is 0.490 e. The average molecular weight is 523 g/mol. The van der Waals surface area contributed by atoms with Gasteiger partial charge in [0, 0.05) is 5.69 Å². The summed E-state index contributed by atoms with van der Waals surface area (Å²) < 4.78 is 11.2. The smallest absolute Gasteiger partial charge is 0.329 e. The van der Waals surface area contributed by atoms with Crippen molar-refractivity contribution in [2.45, 2.75) is 20.3 Å². The highest BCUT2D eigenvalue weighted by atomic mass is 35.5.